The van der Waals surface area contributed by atoms with Crippen LogP contribution in [0.4, 0.5) is 0 Å². The lowest BCUT2D eigenvalue weighted by Gasteiger charge is -2.23. The zero-order valence-corrected chi connectivity index (χ0v) is 16.8. The molecule has 0 spiro atoms. The van der Waals surface area contributed by atoms with Crippen LogP contribution in [0.25, 0.3) is 0 Å². The Morgan fingerprint density at radius 3 is 1.87 bits per heavy atom. The molecule has 0 bridgehead atoms. The van der Waals surface area contributed by atoms with E-state index in [-0.39, 0.29) is 29.9 Å². The molecule has 0 aliphatic carbocycles. The molecule has 0 atom stereocenters. The standard InChI is InChI=1S/C13H20NO5PS3/c1-8(2)18-20(17,19-9(3)4)23-7-14-12(15)10-11(13(14)16)22-6-5-21-10/h8-9H,5-7H2,1-4H3. The Bertz CT molecular complexity index is 536. The van der Waals surface area contributed by atoms with Gasteiger partial charge in [-0.3, -0.25) is 23.5 Å². The molecule has 0 saturated heterocycles. The van der Waals surface area contributed by atoms with Crippen LogP contribution in [-0.2, 0) is 23.2 Å². The molecule has 0 aromatic carbocycles. The number of hydrogen-bond donors (Lipinski definition) is 0. The molecule has 6 nitrogen and oxygen atoms in total. The van der Waals surface area contributed by atoms with E-state index in [0.717, 1.165) is 27.8 Å². The molecule has 2 rings (SSSR count). The maximum atomic E-state index is 12.8. The quantitative estimate of drug-likeness (QED) is 0.476. The molecular formula is C13H20NO5PS3. The van der Waals surface area contributed by atoms with Gasteiger partial charge in [-0.25, -0.2) is 4.57 Å². The van der Waals surface area contributed by atoms with Crippen molar-refractivity contribution in [3.63, 3.8) is 0 Å². The second kappa shape index (κ2) is 7.97. The molecule has 0 unspecified atom stereocenters. The minimum absolute atomic E-state index is 0.0392. The summed E-state index contributed by atoms with van der Waals surface area (Å²) in [4.78, 5) is 26.8. The van der Waals surface area contributed by atoms with E-state index in [9.17, 15) is 14.2 Å². The van der Waals surface area contributed by atoms with Crippen molar-refractivity contribution in [1.29, 1.82) is 0 Å². The predicted molar refractivity (Wildman–Crippen MR) is 96.3 cm³/mol. The summed E-state index contributed by atoms with van der Waals surface area (Å²) in [6, 6.07) is 0. The molecule has 0 aromatic heterocycles. The minimum Gasteiger partial charge on any atom is -0.298 e. The van der Waals surface area contributed by atoms with Gasteiger partial charge in [0, 0.05) is 11.5 Å². The van der Waals surface area contributed by atoms with Crippen LogP contribution >= 0.6 is 41.7 Å². The fourth-order valence-corrected chi connectivity index (χ4v) is 8.12. The molecule has 0 N–H and O–H groups in total. The molecule has 2 heterocycles. The van der Waals surface area contributed by atoms with Crippen molar-refractivity contribution in [2.75, 3.05) is 17.4 Å². The second-order valence-corrected chi connectivity index (χ2v) is 11.6. The highest BCUT2D eigenvalue weighted by atomic mass is 32.7. The van der Waals surface area contributed by atoms with Gasteiger partial charge in [-0.1, -0.05) is 0 Å². The predicted octanol–water partition coefficient (Wildman–Crippen LogP) is 3.70. The first kappa shape index (κ1) is 19.4. The highest BCUT2D eigenvalue weighted by Crippen LogP contribution is 2.62. The summed E-state index contributed by atoms with van der Waals surface area (Å²) in [5.41, 5.74) is 0. The van der Waals surface area contributed by atoms with E-state index < -0.39 is 6.80 Å². The Morgan fingerprint density at radius 1 is 1.04 bits per heavy atom. The van der Waals surface area contributed by atoms with Gasteiger partial charge in [0.2, 0.25) is 0 Å². The lowest BCUT2D eigenvalue weighted by Crippen LogP contribution is -2.31. The number of carbonyl (C=O) groups is 2. The number of carbonyl (C=O) groups excluding carboxylic acids is 2. The van der Waals surface area contributed by atoms with E-state index in [0.29, 0.717) is 9.81 Å². The Morgan fingerprint density at radius 2 is 1.48 bits per heavy atom. The van der Waals surface area contributed by atoms with E-state index in [1.807, 2.05) is 0 Å². The molecule has 10 heteroatoms. The maximum Gasteiger partial charge on any atom is 0.391 e. The fourth-order valence-electron chi connectivity index (χ4n) is 1.92. The van der Waals surface area contributed by atoms with Gasteiger partial charge in [0.05, 0.1) is 27.9 Å². The lowest BCUT2D eigenvalue weighted by atomic mass is 10.5. The fraction of sp³-hybridized carbons (Fsp3) is 0.692. The van der Waals surface area contributed by atoms with Crippen molar-refractivity contribution in [2.24, 2.45) is 0 Å². The molecule has 2 aliphatic rings. The number of amides is 2. The topological polar surface area (TPSA) is 72.9 Å². The number of imide groups is 1. The van der Waals surface area contributed by atoms with Crippen LogP contribution in [0.5, 0.6) is 0 Å². The molecule has 2 amide bonds. The summed E-state index contributed by atoms with van der Waals surface area (Å²) in [7, 11) is 0. The van der Waals surface area contributed by atoms with E-state index in [1.54, 1.807) is 27.7 Å². The number of hydrogen-bond acceptors (Lipinski definition) is 8. The van der Waals surface area contributed by atoms with Gasteiger partial charge in [0.25, 0.3) is 11.8 Å². The van der Waals surface area contributed by atoms with E-state index >= 15 is 0 Å². The van der Waals surface area contributed by atoms with Crippen LogP contribution in [-0.4, -0.2) is 46.3 Å². The van der Waals surface area contributed by atoms with Gasteiger partial charge >= 0.3 is 6.80 Å². The van der Waals surface area contributed by atoms with Crippen molar-refractivity contribution in [2.45, 2.75) is 39.9 Å². The van der Waals surface area contributed by atoms with Crippen LogP contribution in [0.1, 0.15) is 27.7 Å². The van der Waals surface area contributed by atoms with Crippen LogP contribution < -0.4 is 0 Å². The molecule has 0 saturated carbocycles. The highest BCUT2D eigenvalue weighted by Gasteiger charge is 2.42. The van der Waals surface area contributed by atoms with Crippen LogP contribution in [0, 0.1) is 0 Å². The molecule has 23 heavy (non-hydrogen) atoms. The van der Waals surface area contributed by atoms with Gasteiger partial charge in [0.1, 0.15) is 0 Å². The van der Waals surface area contributed by atoms with Crippen molar-refractivity contribution in [1.82, 2.24) is 4.90 Å². The van der Waals surface area contributed by atoms with Crippen molar-refractivity contribution < 1.29 is 23.2 Å². The third-order valence-electron chi connectivity index (χ3n) is 2.69. The van der Waals surface area contributed by atoms with Gasteiger partial charge < -0.3 is 0 Å². The molecule has 0 aromatic rings. The first-order chi connectivity index (χ1) is 10.7. The molecule has 130 valence electrons. The third kappa shape index (κ3) is 4.80. The number of nitrogens with zero attached hydrogens (tertiary/aromatic N) is 1. The highest BCUT2D eigenvalue weighted by molar-refractivity contribution is 8.55. The molecule has 0 radical (unpaired) electrons. The largest absolute Gasteiger partial charge is 0.391 e. The van der Waals surface area contributed by atoms with Crippen molar-refractivity contribution in [3.05, 3.63) is 9.81 Å². The average Bonchev–Trinajstić information content (AvgIpc) is 2.68. The van der Waals surface area contributed by atoms with Crippen molar-refractivity contribution >= 4 is 53.5 Å². The number of rotatable bonds is 7. The van der Waals surface area contributed by atoms with Gasteiger partial charge in [0.15, 0.2) is 0 Å². The Labute approximate surface area is 148 Å². The number of thioether (sulfide) groups is 2. The summed E-state index contributed by atoms with van der Waals surface area (Å²) >= 11 is 3.70. The summed E-state index contributed by atoms with van der Waals surface area (Å²) in [6.45, 7) is 3.60. The van der Waals surface area contributed by atoms with Crippen molar-refractivity contribution in [3.8, 4) is 0 Å². The monoisotopic (exact) mass is 397 g/mol. The summed E-state index contributed by atoms with van der Waals surface area (Å²) in [5, 5.41) is 0. The molecule has 0 fully saturated rings. The first-order valence-electron chi connectivity index (χ1n) is 7.21. The third-order valence-corrected chi connectivity index (χ3v) is 9.09. The smallest absolute Gasteiger partial charge is 0.298 e. The Hall–Kier alpha value is 0.0800. The minimum atomic E-state index is -3.44. The van der Waals surface area contributed by atoms with E-state index in [1.165, 1.54) is 23.5 Å². The normalized spacial score (nSPS) is 19.3. The Kier molecular flexibility index (Phi) is 6.73. The second-order valence-electron chi connectivity index (χ2n) is 5.41. The average molecular weight is 397 g/mol. The van der Waals surface area contributed by atoms with E-state index in [2.05, 4.69) is 0 Å². The molecular weight excluding hydrogens is 377 g/mol. The SMILES string of the molecule is CC(C)OP(=O)(OC(C)C)SCN1C(=O)C2=C(SCCS2)C1=O. The Balaban J connectivity index is 2.05. The molecule has 2 aliphatic heterocycles. The summed E-state index contributed by atoms with van der Waals surface area (Å²) < 4.78 is 23.6. The van der Waals surface area contributed by atoms with Gasteiger partial charge in [-0.2, -0.15) is 0 Å². The van der Waals surface area contributed by atoms with Crippen LogP contribution in [0.3, 0.4) is 0 Å². The first-order valence-corrected chi connectivity index (χ1v) is 12.3. The van der Waals surface area contributed by atoms with Gasteiger partial charge in [-0.05, 0) is 39.1 Å². The lowest BCUT2D eigenvalue weighted by molar-refractivity contribution is -0.135. The van der Waals surface area contributed by atoms with Gasteiger partial charge in [-0.15, -0.1) is 23.5 Å². The zero-order chi connectivity index (χ0) is 17.2. The summed E-state index contributed by atoms with van der Waals surface area (Å²) in [6.07, 6.45) is -0.566. The van der Waals surface area contributed by atoms with E-state index in [4.69, 9.17) is 9.05 Å². The zero-order valence-electron chi connectivity index (χ0n) is 13.4. The van der Waals surface area contributed by atoms with Crippen LogP contribution in [0.15, 0.2) is 9.81 Å². The van der Waals surface area contributed by atoms with Crippen LogP contribution in [0.2, 0.25) is 0 Å². The maximum absolute atomic E-state index is 12.8. The summed E-state index contributed by atoms with van der Waals surface area (Å²) in [5.74, 6) is 0.970.